The van der Waals surface area contributed by atoms with Crippen molar-refractivity contribution in [2.45, 2.75) is 46.1 Å². The zero-order chi connectivity index (χ0) is 42.0. The predicted molar refractivity (Wildman–Crippen MR) is 224 cm³/mol. The van der Waals surface area contributed by atoms with Gasteiger partial charge in [0, 0.05) is 24.2 Å². The van der Waals surface area contributed by atoms with Crippen LogP contribution in [-0.2, 0) is 16.1 Å². The van der Waals surface area contributed by atoms with Crippen molar-refractivity contribution in [3.8, 4) is 46.1 Å². The zero-order valence-corrected chi connectivity index (χ0v) is 34.5. The zero-order valence-electron chi connectivity index (χ0n) is 33.7. The van der Waals surface area contributed by atoms with Crippen molar-refractivity contribution in [3.05, 3.63) is 120 Å². The van der Waals surface area contributed by atoms with Gasteiger partial charge in [-0.2, -0.15) is 14.4 Å². The molecule has 60 heavy (non-hydrogen) atoms. The molecule has 0 aliphatic carbocycles. The Hall–Kier alpha value is -6.92. The van der Waals surface area contributed by atoms with Crippen LogP contribution < -0.4 is 37.9 Å². The standard InChI is InChI=1S/C42H45N9O8S/c1-6-34(58-35-18-12-27(2)24-28(35)3)41(52)46-30-13-19-36(57-33-16-14-31(54-5)15-17-33)37(25-30)59-60(53)45-26-29(4)39-47-40-38(50-43-20-21-44-50)42(49-51(40)48-39)56-23-22-55-32-10-8-7-9-11-32/h7-21,24-25,29,34,45H,6,22-23,26H2,1-5H3,(H,46,52)(H,47,48). The van der Waals surface area contributed by atoms with E-state index in [9.17, 15) is 9.00 Å². The molecule has 0 fully saturated rings. The predicted octanol–water partition coefficient (Wildman–Crippen LogP) is 6.66. The molecule has 3 atom stereocenters. The normalized spacial score (nSPS) is 12.7. The molecule has 0 saturated carbocycles. The Morgan fingerprint density at radius 3 is 2.33 bits per heavy atom. The Kier molecular flexibility index (Phi) is 13.2. The number of H-pyrrole nitrogens is 1. The molecule has 0 spiro atoms. The number of carbonyl (C=O) groups is 1. The van der Waals surface area contributed by atoms with Crippen LogP contribution in [0.5, 0.6) is 40.4 Å². The average Bonchev–Trinajstić information content (AvgIpc) is 4.01. The van der Waals surface area contributed by atoms with Crippen LogP contribution in [0.25, 0.3) is 11.3 Å². The van der Waals surface area contributed by atoms with Crippen LogP contribution in [0, 0.1) is 13.8 Å². The molecule has 3 unspecified atom stereocenters. The molecule has 312 valence electrons. The van der Waals surface area contributed by atoms with E-state index in [0.29, 0.717) is 53.1 Å². The molecule has 0 radical (unpaired) electrons. The van der Waals surface area contributed by atoms with E-state index in [4.69, 9.17) is 32.9 Å². The summed E-state index contributed by atoms with van der Waals surface area (Å²) in [6, 6.07) is 27.0. The number of amides is 1. The molecule has 1 amide bonds. The first-order valence-electron chi connectivity index (χ1n) is 19.2. The highest BCUT2D eigenvalue weighted by molar-refractivity contribution is 7.78. The molecule has 0 aliphatic heterocycles. The maximum absolute atomic E-state index is 13.5. The molecule has 3 heterocycles. The van der Waals surface area contributed by atoms with Gasteiger partial charge in [-0.15, -0.1) is 14.5 Å². The van der Waals surface area contributed by atoms with Gasteiger partial charge in [-0.3, -0.25) is 9.89 Å². The maximum atomic E-state index is 13.5. The van der Waals surface area contributed by atoms with Gasteiger partial charge in [-0.1, -0.05) is 49.7 Å². The first-order valence-corrected chi connectivity index (χ1v) is 20.2. The highest BCUT2D eigenvalue weighted by atomic mass is 32.2. The molecule has 0 saturated heterocycles. The van der Waals surface area contributed by atoms with Crippen molar-refractivity contribution in [3.63, 3.8) is 0 Å². The first-order chi connectivity index (χ1) is 29.2. The molecule has 7 aromatic rings. The van der Waals surface area contributed by atoms with Crippen molar-refractivity contribution < 1.29 is 36.9 Å². The third-order valence-corrected chi connectivity index (χ3v) is 9.84. The summed E-state index contributed by atoms with van der Waals surface area (Å²) in [5.74, 6) is 3.02. The van der Waals surface area contributed by atoms with Gasteiger partial charge in [0.25, 0.3) is 23.1 Å². The minimum atomic E-state index is -2.07. The van der Waals surface area contributed by atoms with Gasteiger partial charge in [-0.25, -0.2) is 9.71 Å². The summed E-state index contributed by atoms with van der Waals surface area (Å²) in [5, 5.41) is 19.2. The molecule has 3 N–H and O–H groups in total. The third-order valence-electron chi connectivity index (χ3n) is 9.11. The van der Waals surface area contributed by atoms with E-state index >= 15 is 0 Å². The number of para-hydroxylation sites is 1. The molecule has 0 bridgehead atoms. The number of benzene rings is 4. The summed E-state index contributed by atoms with van der Waals surface area (Å²) >= 11 is -2.07. The molecule has 18 heteroatoms. The Morgan fingerprint density at radius 2 is 1.60 bits per heavy atom. The Balaban J connectivity index is 1.03. The van der Waals surface area contributed by atoms with Gasteiger partial charge >= 0.3 is 0 Å². The number of anilines is 1. The average molecular weight is 836 g/mol. The number of hydrogen-bond acceptors (Lipinski definition) is 12. The summed E-state index contributed by atoms with van der Waals surface area (Å²) in [4.78, 5) is 19.6. The number of rotatable bonds is 20. The second-order valence-corrected chi connectivity index (χ2v) is 14.5. The number of aromatic nitrogens is 7. The molecular formula is C42H45N9O8S. The van der Waals surface area contributed by atoms with Crippen molar-refractivity contribution in [2.24, 2.45) is 0 Å². The summed E-state index contributed by atoms with van der Waals surface area (Å²) in [5.41, 5.74) is 3.28. The number of ether oxygens (including phenoxy) is 5. The van der Waals surface area contributed by atoms with E-state index in [1.165, 1.54) is 9.43 Å². The smallest absolute Gasteiger partial charge is 0.288 e. The lowest BCUT2D eigenvalue weighted by Crippen LogP contribution is -2.32. The van der Waals surface area contributed by atoms with Crippen LogP contribution >= 0.6 is 0 Å². The number of aromatic amines is 1. The van der Waals surface area contributed by atoms with Gasteiger partial charge < -0.3 is 33.2 Å². The van der Waals surface area contributed by atoms with Gasteiger partial charge in [0.05, 0.1) is 19.5 Å². The number of nitrogens with one attached hydrogen (secondary N) is 3. The lowest BCUT2D eigenvalue weighted by molar-refractivity contribution is -0.122. The number of methoxy groups -OCH3 is 1. The highest BCUT2D eigenvalue weighted by Gasteiger charge is 2.24. The van der Waals surface area contributed by atoms with Crippen LogP contribution in [0.1, 0.15) is 43.1 Å². The summed E-state index contributed by atoms with van der Waals surface area (Å²) < 4.78 is 53.0. The van der Waals surface area contributed by atoms with E-state index in [1.54, 1.807) is 62.0 Å². The van der Waals surface area contributed by atoms with Crippen LogP contribution in [0.4, 0.5) is 5.69 Å². The largest absolute Gasteiger partial charge is 0.497 e. The van der Waals surface area contributed by atoms with Crippen molar-refractivity contribution >= 4 is 28.5 Å². The van der Waals surface area contributed by atoms with E-state index < -0.39 is 17.4 Å². The van der Waals surface area contributed by atoms with Gasteiger partial charge in [0.15, 0.2) is 23.3 Å². The molecule has 17 nitrogen and oxygen atoms in total. The number of nitrogens with zero attached hydrogens (tertiary/aromatic N) is 6. The van der Waals surface area contributed by atoms with Crippen LogP contribution in [-0.4, -0.2) is 77.9 Å². The van der Waals surface area contributed by atoms with E-state index in [2.05, 4.69) is 30.4 Å². The highest BCUT2D eigenvalue weighted by Crippen LogP contribution is 2.36. The topological polar surface area (TPSA) is 190 Å². The van der Waals surface area contributed by atoms with Crippen molar-refractivity contribution in [1.82, 2.24) is 39.5 Å². The maximum Gasteiger partial charge on any atom is 0.288 e. The Bertz CT molecular complexity index is 2530. The van der Waals surface area contributed by atoms with E-state index in [1.807, 2.05) is 76.2 Å². The SMILES string of the molecule is CCC(Oc1ccc(C)cc1C)C(=O)Nc1ccc(Oc2ccc(OC)cc2)c(OS(=O)NCC(C)c2nc3c(-n4nccn4)c(OCCOc4ccccc4)nn3[nH]2)c1. The fourth-order valence-electron chi connectivity index (χ4n) is 5.98. The minimum Gasteiger partial charge on any atom is -0.497 e. The van der Waals surface area contributed by atoms with Gasteiger partial charge in [-0.05, 0) is 80.4 Å². The molecule has 4 aromatic carbocycles. The Morgan fingerprint density at radius 1 is 0.867 bits per heavy atom. The lowest BCUT2D eigenvalue weighted by Gasteiger charge is -2.19. The number of carbonyl (C=O) groups excluding carboxylic acids is 1. The monoisotopic (exact) mass is 835 g/mol. The number of fused-ring (bicyclic) bond motifs is 1. The molecule has 7 rings (SSSR count). The quantitative estimate of drug-likeness (QED) is 0.0694. The second kappa shape index (κ2) is 19.2. The van der Waals surface area contributed by atoms with E-state index in [0.717, 1.165) is 16.9 Å². The van der Waals surface area contributed by atoms with E-state index in [-0.39, 0.29) is 42.4 Å². The molecular weight excluding hydrogens is 791 g/mol. The van der Waals surface area contributed by atoms with Crippen LogP contribution in [0.2, 0.25) is 0 Å². The van der Waals surface area contributed by atoms with Gasteiger partial charge in [0.2, 0.25) is 5.65 Å². The molecule has 0 aliphatic rings. The van der Waals surface area contributed by atoms with Crippen LogP contribution in [0.15, 0.2) is 103 Å². The fourth-order valence-corrected chi connectivity index (χ4v) is 6.72. The fraction of sp³-hybridized carbons (Fsp3) is 0.262. The first kappa shape index (κ1) is 41.2. The lowest BCUT2D eigenvalue weighted by atomic mass is 10.1. The summed E-state index contributed by atoms with van der Waals surface area (Å²) in [6.45, 7) is 8.38. The number of hydrogen-bond donors (Lipinski definition) is 3. The summed E-state index contributed by atoms with van der Waals surface area (Å²) in [6.07, 6.45) is 2.75. The Labute approximate surface area is 348 Å². The van der Waals surface area contributed by atoms with Crippen molar-refractivity contribution in [2.75, 3.05) is 32.2 Å². The third kappa shape index (κ3) is 10.2. The van der Waals surface area contributed by atoms with Gasteiger partial charge in [0.1, 0.15) is 42.0 Å². The number of aryl methyl sites for hydroxylation is 2. The van der Waals surface area contributed by atoms with Crippen LogP contribution in [0.3, 0.4) is 0 Å². The van der Waals surface area contributed by atoms with Crippen molar-refractivity contribution in [1.29, 1.82) is 0 Å². The second-order valence-electron chi connectivity index (χ2n) is 13.6. The minimum absolute atomic E-state index is 0.111. The molecule has 3 aromatic heterocycles. The summed E-state index contributed by atoms with van der Waals surface area (Å²) in [7, 11) is 1.57.